The SMILES string of the molecule is Cc1cc(=O)n(CCCNC(C)(C)C)cc1[N+](=O)[O-]. The largest absolute Gasteiger partial charge is 0.312 e. The van der Waals surface area contributed by atoms with Gasteiger partial charge in [0, 0.05) is 23.7 Å². The molecule has 1 heterocycles. The van der Waals surface area contributed by atoms with E-state index in [1.54, 1.807) is 6.92 Å². The number of hydrogen-bond acceptors (Lipinski definition) is 4. The highest BCUT2D eigenvalue weighted by Crippen LogP contribution is 2.14. The van der Waals surface area contributed by atoms with Crippen LogP contribution in [0.3, 0.4) is 0 Å². The van der Waals surface area contributed by atoms with Crippen LogP contribution in [0, 0.1) is 17.0 Å². The second kappa shape index (κ2) is 5.97. The highest BCUT2D eigenvalue weighted by Gasteiger charge is 2.13. The van der Waals surface area contributed by atoms with Gasteiger partial charge in [0.1, 0.15) is 0 Å². The summed E-state index contributed by atoms with van der Waals surface area (Å²) in [5.41, 5.74) is 0.228. The van der Waals surface area contributed by atoms with Crippen LogP contribution in [0.2, 0.25) is 0 Å². The third kappa shape index (κ3) is 4.82. The summed E-state index contributed by atoms with van der Waals surface area (Å²) in [5, 5.41) is 14.1. The Kier molecular flexibility index (Phi) is 4.83. The van der Waals surface area contributed by atoms with Crippen molar-refractivity contribution in [1.82, 2.24) is 9.88 Å². The molecule has 0 spiro atoms. The average molecular weight is 267 g/mol. The van der Waals surface area contributed by atoms with Gasteiger partial charge < -0.3 is 9.88 Å². The molecule has 1 aromatic heterocycles. The second-order valence-corrected chi connectivity index (χ2v) is 5.66. The molecule has 6 nitrogen and oxygen atoms in total. The Morgan fingerprint density at radius 1 is 1.42 bits per heavy atom. The minimum Gasteiger partial charge on any atom is -0.312 e. The maximum atomic E-state index is 11.7. The molecule has 0 aliphatic carbocycles. The van der Waals surface area contributed by atoms with Gasteiger partial charge in [-0.2, -0.15) is 0 Å². The normalized spacial score (nSPS) is 11.6. The first-order chi connectivity index (χ1) is 8.70. The van der Waals surface area contributed by atoms with Gasteiger partial charge in [0.15, 0.2) is 0 Å². The van der Waals surface area contributed by atoms with Crippen LogP contribution in [-0.4, -0.2) is 21.6 Å². The van der Waals surface area contributed by atoms with Crippen molar-refractivity contribution in [2.24, 2.45) is 0 Å². The first kappa shape index (κ1) is 15.4. The molecule has 0 aromatic carbocycles. The van der Waals surface area contributed by atoms with E-state index < -0.39 is 4.92 Å². The van der Waals surface area contributed by atoms with Crippen LogP contribution in [0.25, 0.3) is 0 Å². The number of pyridine rings is 1. The molecule has 0 aliphatic rings. The van der Waals surface area contributed by atoms with E-state index in [1.807, 2.05) is 0 Å². The van der Waals surface area contributed by atoms with Gasteiger partial charge in [0.05, 0.1) is 11.1 Å². The van der Waals surface area contributed by atoms with Crippen LogP contribution in [0.4, 0.5) is 5.69 Å². The average Bonchev–Trinajstić information content (AvgIpc) is 2.24. The van der Waals surface area contributed by atoms with Crippen LogP contribution >= 0.6 is 0 Å². The van der Waals surface area contributed by atoms with E-state index in [4.69, 9.17) is 0 Å². The van der Waals surface area contributed by atoms with E-state index in [9.17, 15) is 14.9 Å². The first-order valence-corrected chi connectivity index (χ1v) is 6.31. The van der Waals surface area contributed by atoms with E-state index >= 15 is 0 Å². The molecule has 0 saturated carbocycles. The van der Waals surface area contributed by atoms with Crippen molar-refractivity contribution in [2.75, 3.05) is 6.54 Å². The maximum absolute atomic E-state index is 11.7. The third-order valence-corrected chi connectivity index (χ3v) is 2.73. The molecule has 0 fully saturated rings. The van der Waals surface area contributed by atoms with Gasteiger partial charge in [-0.1, -0.05) is 0 Å². The molecule has 6 heteroatoms. The van der Waals surface area contributed by atoms with Crippen molar-refractivity contribution in [3.05, 3.63) is 38.3 Å². The zero-order chi connectivity index (χ0) is 14.6. The Balaban J connectivity index is 2.71. The Morgan fingerprint density at radius 2 is 2.05 bits per heavy atom. The summed E-state index contributed by atoms with van der Waals surface area (Å²) in [5.74, 6) is 0. The Morgan fingerprint density at radius 3 is 2.58 bits per heavy atom. The third-order valence-electron chi connectivity index (χ3n) is 2.73. The fourth-order valence-corrected chi connectivity index (χ4v) is 1.73. The van der Waals surface area contributed by atoms with Crippen LogP contribution in [-0.2, 0) is 6.54 Å². The molecule has 0 bridgehead atoms. The number of aryl methyl sites for hydroxylation is 2. The fourth-order valence-electron chi connectivity index (χ4n) is 1.73. The van der Waals surface area contributed by atoms with Crippen molar-refractivity contribution >= 4 is 5.69 Å². The van der Waals surface area contributed by atoms with Crippen molar-refractivity contribution in [2.45, 2.75) is 46.2 Å². The molecule has 1 N–H and O–H groups in total. The van der Waals surface area contributed by atoms with Gasteiger partial charge in [-0.15, -0.1) is 0 Å². The lowest BCUT2D eigenvalue weighted by Crippen LogP contribution is -2.37. The van der Waals surface area contributed by atoms with Gasteiger partial charge in [-0.05, 0) is 40.7 Å². The van der Waals surface area contributed by atoms with Crippen molar-refractivity contribution in [3.63, 3.8) is 0 Å². The number of nitrogens with one attached hydrogen (secondary N) is 1. The number of aromatic nitrogens is 1. The molecule has 0 radical (unpaired) electrons. The van der Waals surface area contributed by atoms with Crippen LogP contribution in [0.1, 0.15) is 32.8 Å². The van der Waals surface area contributed by atoms with Crippen molar-refractivity contribution in [3.8, 4) is 0 Å². The van der Waals surface area contributed by atoms with Crippen molar-refractivity contribution < 1.29 is 4.92 Å². The lowest BCUT2D eigenvalue weighted by atomic mass is 10.1. The minimum atomic E-state index is -0.460. The van der Waals surface area contributed by atoms with E-state index in [1.165, 1.54) is 16.8 Å². The number of nitro groups is 1. The summed E-state index contributed by atoms with van der Waals surface area (Å²) in [6.45, 7) is 9.01. The topological polar surface area (TPSA) is 77.2 Å². The first-order valence-electron chi connectivity index (χ1n) is 6.31. The maximum Gasteiger partial charge on any atom is 0.288 e. The van der Waals surface area contributed by atoms with Gasteiger partial charge in [-0.3, -0.25) is 14.9 Å². The molecule has 0 amide bonds. The van der Waals surface area contributed by atoms with Crippen LogP contribution < -0.4 is 10.9 Å². The summed E-state index contributed by atoms with van der Waals surface area (Å²) in [6.07, 6.45) is 2.08. The molecule has 0 saturated heterocycles. The van der Waals surface area contributed by atoms with Gasteiger partial charge in [0.2, 0.25) is 0 Å². The van der Waals surface area contributed by atoms with Crippen LogP contribution in [0.5, 0.6) is 0 Å². The molecular weight excluding hydrogens is 246 g/mol. The molecule has 1 aromatic rings. The molecule has 0 unspecified atom stereocenters. The lowest BCUT2D eigenvalue weighted by molar-refractivity contribution is -0.385. The van der Waals surface area contributed by atoms with Gasteiger partial charge in [-0.25, -0.2) is 0 Å². The summed E-state index contributed by atoms with van der Waals surface area (Å²) < 4.78 is 1.40. The summed E-state index contributed by atoms with van der Waals surface area (Å²) in [4.78, 5) is 22.1. The second-order valence-electron chi connectivity index (χ2n) is 5.66. The summed E-state index contributed by atoms with van der Waals surface area (Å²) in [6, 6.07) is 1.31. The zero-order valence-electron chi connectivity index (χ0n) is 11.9. The van der Waals surface area contributed by atoms with Crippen LogP contribution in [0.15, 0.2) is 17.1 Å². The van der Waals surface area contributed by atoms with E-state index in [0.29, 0.717) is 12.1 Å². The monoisotopic (exact) mass is 267 g/mol. The smallest absolute Gasteiger partial charge is 0.288 e. The van der Waals surface area contributed by atoms with Gasteiger partial charge in [0.25, 0.3) is 11.2 Å². The predicted octanol–water partition coefficient (Wildman–Crippen LogP) is 1.84. The van der Waals surface area contributed by atoms with Gasteiger partial charge >= 0.3 is 0 Å². The van der Waals surface area contributed by atoms with E-state index in [2.05, 4.69) is 26.1 Å². The highest BCUT2D eigenvalue weighted by atomic mass is 16.6. The fraction of sp³-hybridized carbons (Fsp3) is 0.615. The predicted molar refractivity (Wildman–Crippen MR) is 74.5 cm³/mol. The highest BCUT2D eigenvalue weighted by molar-refractivity contribution is 5.35. The summed E-state index contributed by atoms with van der Waals surface area (Å²) >= 11 is 0. The molecule has 106 valence electrons. The Hall–Kier alpha value is -1.69. The molecule has 0 aliphatic heterocycles. The zero-order valence-corrected chi connectivity index (χ0v) is 11.9. The minimum absolute atomic E-state index is 0.0108. The van der Waals surface area contributed by atoms with E-state index in [-0.39, 0.29) is 16.8 Å². The summed E-state index contributed by atoms with van der Waals surface area (Å²) in [7, 11) is 0. The number of rotatable bonds is 5. The Labute approximate surface area is 112 Å². The molecule has 19 heavy (non-hydrogen) atoms. The molecular formula is C13H21N3O3. The number of hydrogen-bond donors (Lipinski definition) is 1. The lowest BCUT2D eigenvalue weighted by Gasteiger charge is -2.20. The Bertz CT molecular complexity index is 515. The molecule has 0 atom stereocenters. The number of nitrogens with zero attached hydrogens (tertiary/aromatic N) is 2. The quantitative estimate of drug-likeness (QED) is 0.501. The van der Waals surface area contributed by atoms with Crippen molar-refractivity contribution in [1.29, 1.82) is 0 Å². The standard InChI is InChI=1S/C13H21N3O3/c1-10-8-12(17)15(9-11(10)16(18)19)7-5-6-14-13(2,3)4/h8-9,14H,5-7H2,1-4H3. The van der Waals surface area contributed by atoms with E-state index in [0.717, 1.165) is 13.0 Å². The molecule has 1 rings (SSSR count).